The molecule has 8 nitrogen and oxygen atoms in total. The van der Waals surface area contributed by atoms with E-state index in [4.69, 9.17) is 16.1 Å². The molecule has 0 bridgehead atoms. The third kappa shape index (κ3) is 3.70. The van der Waals surface area contributed by atoms with Crippen LogP contribution in [0.5, 0.6) is 0 Å². The predicted octanol–water partition coefficient (Wildman–Crippen LogP) is 2.89. The summed E-state index contributed by atoms with van der Waals surface area (Å²) in [5.41, 5.74) is 1.14. The van der Waals surface area contributed by atoms with Gasteiger partial charge in [0.05, 0.1) is 6.20 Å². The number of piperazine rings is 1. The number of aromatic nitrogens is 4. The third-order valence-electron chi connectivity index (χ3n) is 4.19. The van der Waals surface area contributed by atoms with E-state index in [9.17, 15) is 0 Å². The van der Waals surface area contributed by atoms with Gasteiger partial charge in [0.25, 0.3) is 0 Å². The number of hydrogen-bond donors (Lipinski definition) is 1. The number of hydrogen-bond acceptors (Lipinski definition) is 8. The van der Waals surface area contributed by atoms with Gasteiger partial charge in [0.15, 0.2) is 11.6 Å². The highest BCUT2D eigenvalue weighted by atomic mass is 35.5. The van der Waals surface area contributed by atoms with Crippen LogP contribution in [0.1, 0.15) is 5.76 Å². The van der Waals surface area contributed by atoms with Crippen LogP contribution in [-0.2, 0) is 0 Å². The maximum Gasteiger partial charge on any atom is 0.250 e. The quantitative estimate of drug-likeness (QED) is 0.749. The highest BCUT2D eigenvalue weighted by molar-refractivity contribution is 6.30. The number of benzene rings is 1. The zero-order chi connectivity index (χ0) is 17.9. The molecule has 3 aromatic rings. The van der Waals surface area contributed by atoms with Crippen LogP contribution >= 0.6 is 11.6 Å². The van der Waals surface area contributed by atoms with Crippen LogP contribution in [-0.4, -0.2) is 46.5 Å². The topological polar surface area (TPSA) is 83.2 Å². The summed E-state index contributed by atoms with van der Waals surface area (Å²) < 4.78 is 5.03. The van der Waals surface area contributed by atoms with Crippen molar-refractivity contribution in [2.45, 2.75) is 6.92 Å². The summed E-state index contributed by atoms with van der Waals surface area (Å²) in [6.07, 6.45) is 1.67. The van der Waals surface area contributed by atoms with Gasteiger partial charge in [-0.15, -0.1) is 5.10 Å². The Morgan fingerprint density at radius 2 is 1.92 bits per heavy atom. The van der Waals surface area contributed by atoms with Crippen LogP contribution in [0.15, 0.2) is 41.1 Å². The molecular formula is C17H18ClN7O. The van der Waals surface area contributed by atoms with Crippen molar-refractivity contribution in [1.29, 1.82) is 0 Å². The SMILES string of the molecule is Cc1cc(Nc2nncc(N3CCN(c4cccc(Cl)c4)CC3)n2)no1. The first-order valence-electron chi connectivity index (χ1n) is 8.33. The fourth-order valence-corrected chi connectivity index (χ4v) is 3.09. The van der Waals surface area contributed by atoms with E-state index in [1.807, 2.05) is 25.1 Å². The Bertz CT molecular complexity index is 892. The van der Waals surface area contributed by atoms with E-state index in [0.29, 0.717) is 17.5 Å². The van der Waals surface area contributed by atoms with Gasteiger partial charge in [0, 0.05) is 43.0 Å². The van der Waals surface area contributed by atoms with Gasteiger partial charge < -0.3 is 19.6 Å². The lowest BCUT2D eigenvalue weighted by Crippen LogP contribution is -2.46. The minimum atomic E-state index is 0.396. The molecule has 2 aromatic heterocycles. The minimum Gasteiger partial charge on any atom is -0.368 e. The summed E-state index contributed by atoms with van der Waals surface area (Å²) in [4.78, 5) is 9.04. The maximum absolute atomic E-state index is 6.09. The fraction of sp³-hybridized carbons (Fsp3) is 0.294. The first-order chi connectivity index (χ1) is 12.7. The number of nitrogens with one attached hydrogen (secondary N) is 1. The van der Waals surface area contributed by atoms with Crippen molar-refractivity contribution < 1.29 is 4.52 Å². The zero-order valence-electron chi connectivity index (χ0n) is 14.3. The third-order valence-corrected chi connectivity index (χ3v) is 4.43. The molecule has 4 rings (SSSR count). The Morgan fingerprint density at radius 1 is 1.12 bits per heavy atom. The van der Waals surface area contributed by atoms with Gasteiger partial charge >= 0.3 is 0 Å². The van der Waals surface area contributed by atoms with E-state index in [2.05, 4.69) is 41.5 Å². The normalized spacial score (nSPS) is 14.5. The van der Waals surface area contributed by atoms with Gasteiger partial charge in [-0.05, 0) is 25.1 Å². The van der Waals surface area contributed by atoms with Crippen molar-refractivity contribution in [3.05, 3.63) is 47.3 Å². The van der Waals surface area contributed by atoms with Crippen LogP contribution < -0.4 is 15.1 Å². The highest BCUT2D eigenvalue weighted by Crippen LogP contribution is 2.22. The van der Waals surface area contributed by atoms with E-state index in [1.165, 1.54) is 0 Å². The molecule has 1 aliphatic heterocycles. The molecule has 3 heterocycles. The number of aryl methyl sites for hydroxylation is 1. The summed E-state index contributed by atoms with van der Waals surface area (Å²) in [6, 6.07) is 9.71. The monoisotopic (exact) mass is 371 g/mol. The molecule has 1 saturated heterocycles. The molecule has 0 unspecified atom stereocenters. The Morgan fingerprint density at radius 3 is 2.65 bits per heavy atom. The second-order valence-corrected chi connectivity index (χ2v) is 6.48. The van der Waals surface area contributed by atoms with Gasteiger partial charge in [-0.1, -0.05) is 22.8 Å². The van der Waals surface area contributed by atoms with E-state index in [0.717, 1.165) is 42.7 Å². The van der Waals surface area contributed by atoms with Crippen LogP contribution in [0, 0.1) is 6.92 Å². The van der Waals surface area contributed by atoms with Crippen molar-refractivity contribution in [3.8, 4) is 0 Å². The van der Waals surface area contributed by atoms with Gasteiger partial charge in [-0.2, -0.15) is 10.1 Å². The highest BCUT2D eigenvalue weighted by Gasteiger charge is 2.19. The Kier molecular flexibility index (Phi) is 4.57. The van der Waals surface area contributed by atoms with Gasteiger partial charge in [-0.3, -0.25) is 0 Å². The summed E-state index contributed by atoms with van der Waals surface area (Å²) in [5, 5.41) is 15.7. The number of anilines is 4. The number of halogens is 1. The van der Waals surface area contributed by atoms with Crippen LogP contribution in [0.3, 0.4) is 0 Å². The molecule has 0 atom stereocenters. The second kappa shape index (κ2) is 7.17. The van der Waals surface area contributed by atoms with Gasteiger partial charge in [0.1, 0.15) is 5.76 Å². The first-order valence-corrected chi connectivity index (χ1v) is 8.71. The smallest absolute Gasteiger partial charge is 0.250 e. The molecule has 1 N–H and O–H groups in total. The maximum atomic E-state index is 6.09. The predicted molar refractivity (Wildman–Crippen MR) is 100 cm³/mol. The average molecular weight is 372 g/mol. The lowest BCUT2D eigenvalue weighted by Gasteiger charge is -2.36. The summed E-state index contributed by atoms with van der Waals surface area (Å²) in [5.74, 6) is 2.46. The molecule has 26 heavy (non-hydrogen) atoms. The molecule has 134 valence electrons. The summed E-state index contributed by atoms with van der Waals surface area (Å²) >= 11 is 6.09. The minimum absolute atomic E-state index is 0.396. The van der Waals surface area contributed by atoms with Crippen molar-refractivity contribution >= 4 is 34.9 Å². The van der Waals surface area contributed by atoms with Gasteiger partial charge in [0.2, 0.25) is 5.95 Å². The van der Waals surface area contributed by atoms with E-state index in [1.54, 1.807) is 12.3 Å². The standard InChI is InChI=1S/C17H18ClN7O/c1-12-9-15(23-26-12)20-17-21-16(11-19-22-17)25-7-5-24(6-8-25)14-4-2-3-13(18)10-14/h2-4,9-11H,5-8H2,1H3,(H,20,21,22,23). The van der Waals surface area contributed by atoms with Crippen molar-refractivity contribution in [2.24, 2.45) is 0 Å². The van der Waals surface area contributed by atoms with E-state index < -0.39 is 0 Å². The molecule has 9 heteroatoms. The summed E-state index contributed by atoms with van der Waals surface area (Å²) in [7, 11) is 0. The second-order valence-electron chi connectivity index (χ2n) is 6.04. The Balaban J connectivity index is 1.42. The molecule has 0 radical (unpaired) electrons. The van der Waals surface area contributed by atoms with Crippen molar-refractivity contribution in [3.63, 3.8) is 0 Å². The van der Waals surface area contributed by atoms with Gasteiger partial charge in [-0.25, -0.2) is 0 Å². The molecule has 0 aliphatic carbocycles. The number of rotatable bonds is 4. The molecule has 0 saturated carbocycles. The lowest BCUT2D eigenvalue weighted by atomic mass is 10.2. The largest absolute Gasteiger partial charge is 0.368 e. The van der Waals surface area contributed by atoms with E-state index >= 15 is 0 Å². The molecular weight excluding hydrogens is 354 g/mol. The zero-order valence-corrected chi connectivity index (χ0v) is 15.0. The van der Waals surface area contributed by atoms with Crippen LogP contribution in [0.2, 0.25) is 5.02 Å². The molecule has 1 aromatic carbocycles. The summed E-state index contributed by atoms with van der Waals surface area (Å²) in [6.45, 7) is 5.28. The fourth-order valence-electron chi connectivity index (χ4n) is 2.91. The average Bonchev–Trinajstić information content (AvgIpc) is 3.07. The molecule has 1 aliphatic rings. The molecule has 0 spiro atoms. The van der Waals surface area contributed by atoms with Crippen molar-refractivity contribution in [2.75, 3.05) is 41.3 Å². The Hall–Kier alpha value is -2.87. The Labute approximate surface area is 155 Å². The lowest BCUT2D eigenvalue weighted by molar-refractivity contribution is 0.400. The van der Waals surface area contributed by atoms with Crippen LogP contribution in [0.25, 0.3) is 0 Å². The molecule has 0 amide bonds. The van der Waals surface area contributed by atoms with Crippen LogP contribution in [0.4, 0.5) is 23.3 Å². The molecule has 1 fully saturated rings. The van der Waals surface area contributed by atoms with E-state index in [-0.39, 0.29) is 0 Å². The van der Waals surface area contributed by atoms with Crippen molar-refractivity contribution in [1.82, 2.24) is 20.3 Å². The first kappa shape index (κ1) is 16.6. The number of nitrogens with zero attached hydrogens (tertiary/aromatic N) is 6.